The topological polar surface area (TPSA) is 48.2 Å². The van der Waals surface area contributed by atoms with Gasteiger partial charge in [0.1, 0.15) is 6.61 Å². The van der Waals surface area contributed by atoms with Crippen molar-refractivity contribution in [2.45, 2.75) is 58.7 Å². The average molecular weight is 248 g/mol. The van der Waals surface area contributed by atoms with E-state index < -0.39 is 6.11 Å². The first-order valence-electron chi connectivity index (χ1n) is 5.89. The number of nitrogens with zero attached hydrogens (tertiary/aromatic N) is 2. The summed E-state index contributed by atoms with van der Waals surface area (Å²) in [4.78, 5) is 4.00. The maximum absolute atomic E-state index is 12.3. The molecule has 1 aliphatic rings. The van der Waals surface area contributed by atoms with Crippen molar-refractivity contribution in [3.05, 3.63) is 11.7 Å². The van der Waals surface area contributed by atoms with Crippen LogP contribution in [0.15, 0.2) is 4.52 Å². The van der Waals surface area contributed by atoms with Gasteiger partial charge in [0.15, 0.2) is 5.82 Å². The molecule has 1 saturated carbocycles. The van der Waals surface area contributed by atoms with Crippen molar-refractivity contribution in [3.63, 3.8) is 0 Å². The van der Waals surface area contributed by atoms with Crippen LogP contribution in [-0.4, -0.2) is 16.2 Å². The van der Waals surface area contributed by atoms with E-state index in [1.54, 1.807) is 0 Å². The molecule has 0 saturated heterocycles. The Kier molecular flexibility index (Phi) is 4.99. The fourth-order valence-electron chi connectivity index (χ4n) is 1.34. The predicted molar refractivity (Wildman–Crippen MR) is 57.6 cm³/mol. The molecule has 2 rings (SSSR count). The molecule has 0 amide bonds. The minimum Gasteiger partial charge on any atom is -0.339 e. The maximum atomic E-state index is 12.3. The van der Waals surface area contributed by atoms with Crippen molar-refractivity contribution in [2.24, 2.45) is 0 Å². The van der Waals surface area contributed by atoms with Gasteiger partial charge in [0.05, 0.1) is 0 Å². The van der Waals surface area contributed by atoms with Crippen molar-refractivity contribution in [2.75, 3.05) is 0 Å². The molecule has 0 bridgehead atoms. The summed E-state index contributed by atoms with van der Waals surface area (Å²) < 4.78 is 33.9. The molecule has 0 aromatic carbocycles. The summed E-state index contributed by atoms with van der Waals surface area (Å²) >= 11 is 0. The molecule has 1 aliphatic carbocycles. The summed E-state index contributed by atoms with van der Waals surface area (Å²) in [6.07, 6.45) is 0.0715. The van der Waals surface area contributed by atoms with E-state index in [-0.39, 0.29) is 12.4 Å². The van der Waals surface area contributed by atoms with Crippen molar-refractivity contribution >= 4 is 0 Å². The van der Waals surface area contributed by atoms with E-state index in [1.165, 1.54) is 0 Å². The van der Waals surface area contributed by atoms with Crippen LogP contribution >= 0.6 is 0 Å². The number of hydrogen-bond donors (Lipinski definition) is 0. The molecule has 0 aliphatic heterocycles. The Labute approximate surface area is 99.3 Å². The molecule has 1 fully saturated rings. The van der Waals surface area contributed by atoms with Crippen molar-refractivity contribution in [1.29, 1.82) is 0 Å². The van der Waals surface area contributed by atoms with Gasteiger partial charge in [-0.2, -0.15) is 13.8 Å². The first kappa shape index (κ1) is 14.0. The maximum Gasteiger partial charge on any atom is 0.353 e. The van der Waals surface area contributed by atoms with Gasteiger partial charge in [0.25, 0.3) is 0 Å². The highest BCUT2D eigenvalue weighted by Gasteiger charge is 2.27. The third kappa shape index (κ3) is 4.38. The summed E-state index contributed by atoms with van der Waals surface area (Å²) in [5, 5.41) is 3.58. The van der Waals surface area contributed by atoms with Crippen LogP contribution in [0, 0.1) is 0 Å². The van der Waals surface area contributed by atoms with Crippen LogP contribution in [0.25, 0.3) is 0 Å². The standard InChI is InChI=1S/C9H12F2N2O2.C2H6/c1-9(10,11)14-5-7-12-8(15-13-7)6-3-2-4-6;1-2/h6H,2-5H2,1H3;1-2H3. The summed E-state index contributed by atoms with van der Waals surface area (Å²) in [7, 11) is 0. The van der Waals surface area contributed by atoms with E-state index in [2.05, 4.69) is 14.9 Å². The molecule has 17 heavy (non-hydrogen) atoms. The van der Waals surface area contributed by atoms with Gasteiger partial charge in [-0.25, -0.2) is 0 Å². The Hall–Kier alpha value is -1.04. The number of ether oxygens (including phenoxy) is 1. The summed E-state index contributed by atoms with van der Waals surface area (Å²) in [6, 6.07) is 0. The smallest absolute Gasteiger partial charge is 0.339 e. The molecule has 6 heteroatoms. The molecular weight excluding hydrogens is 230 g/mol. The molecule has 0 unspecified atom stereocenters. The lowest BCUT2D eigenvalue weighted by molar-refractivity contribution is -0.232. The Morgan fingerprint density at radius 2 is 2.06 bits per heavy atom. The van der Waals surface area contributed by atoms with Gasteiger partial charge < -0.3 is 9.26 Å². The van der Waals surface area contributed by atoms with Crippen LogP contribution < -0.4 is 0 Å². The van der Waals surface area contributed by atoms with E-state index in [1.807, 2.05) is 13.8 Å². The Balaban J connectivity index is 0.000000686. The largest absolute Gasteiger partial charge is 0.353 e. The number of rotatable bonds is 4. The molecule has 0 spiro atoms. The zero-order valence-corrected chi connectivity index (χ0v) is 10.4. The normalized spacial score (nSPS) is 16.1. The zero-order valence-electron chi connectivity index (χ0n) is 10.4. The second-order valence-corrected chi connectivity index (χ2v) is 3.77. The Morgan fingerprint density at radius 1 is 1.41 bits per heavy atom. The van der Waals surface area contributed by atoms with Crippen molar-refractivity contribution in [3.8, 4) is 0 Å². The van der Waals surface area contributed by atoms with Gasteiger partial charge in [0, 0.05) is 12.8 Å². The van der Waals surface area contributed by atoms with Crippen LogP contribution in [0.5, 0.6) is 0 Å². The molecule has 4 nitrogen and oxygen atoms in total. The third-order valence-corrected chi connectivity index (χ3v) is 2.39. The molecule has 98 valence electrons. The highest BCUT2D eigenvalue weighted by Crippen LogP contribution is 2.35. The Bertz CT molecular complexity index is 332. The van der Waals surface area contributed by atoms with Gasteiger partial charge in [-0.3, -0.25) is 0 Å². The lowest BCUT2D eigenvalue weighted by Gasteiger charge is -2.20. The first-order valence-corrected chi connectivity index (χ1v) is 5.89. The highest BCUT2D eigenvalue weighted by molar-refractivity contribution is 4.97. The highest BCUT2D eigenvalue weighted by atomic mass is 19.3. The number of aromatic nitrogens is 2. The molecule has 1 aromatic heterocycles. The van der Waals surface area contributed by atoms with E-state index in [0.29, 0.717) is 18.7 Å². The lowest BCUT2D eigenvalue weighted by atomic mass is 9.85. The lowest BCUT2D eigenvalue weighted by Crippen LogP contribution is -2.15. The molecule has 1 aromatic rings. The summed E-state index contributed by atoms with van der Waals surface area (Å²) in [5.41, 5.74) is 0. The van der Waals surface area contributed by atoms with Gasteiger partial charge in [-0.1, -0.05) is 25.4 Å². The molecule has 0 radical (unpaired) electrons. The minimum absolute atomic E-state index is 0.179. The van der Waals surface area contributed by atoms with Crippen LogP contribution in [0.4, 0.5) is 8.78 Å². The fourth-order valence-corrected chi connectivity index (χ4v) is 1.34. The number of alkyl halides is 2. The van der Waals surface area contributed by atoms with Crippen LogP contribution in [0.1, 0.15) is 57.7 Å². The van der Waals surface area contributed by atoms with Gasteiger partial charge in [0.2, 0.25) is 5.89 Å². The SMILES string of the molecule is CC.CC(F)(F)OCc1noc(C2CCC2)n1. The monoisotopic (exact) mass is 248 g/mol. The quantitative estimate of drug-likeness (QED) is 0.818. The predicted octanol–water partition coefficient (Wildman–Crippen LogP) is 3.49. The summed E-state index contributed by atoms with van der Waals surface area (Å²) in [5.74, 6) is 1.03. The van der Waals surface area contributed by atoms with Gasteiger partial charge in [-0.05, 0) is 12.8 Å². The van der Waals surface area contributed by atoms with Gasteiger partial charge >= 0.3 is 6.11 Å². The third-order valence-electron chi connectivity index (χ3n) is 2.39. The van der Waals surface area contributed by atoms with Gasteiger partial charge in [-0.15, -0.1) is 0 Å². The van der Waals surface area contributed by atoms with E-state index in [0.717, 1.165) is 19.3 Å². The second-order valence-electron chi connectivity index (χ2n) is 3.77. The number of hydrogen-bond acceptors (Lipinski definition) is 4. The van der Waals surface area contributed by atoms with Crippen molar-refractivity contribution < 1.29 is 18.0 Å². The van der Waals surface area contributed by atoms with Crippen LogP contribution in [0.3, 0.4) is 0 Å². The van der Waals surface area contributed by atoms with E-state index >= 15 is 0 Å². The first-order chi connectivity index (χ1) is 8.04. The second kappa shape index (κ2) is 6.05. The molecule has 0 N–H and O–H groups in total. The van der Waals surface area contributed by atoms with E-state index in [9.17, 15) is 8.78 Å². The van der Waals surface area contributed by atoms with Crippen LogP contribution in [-0.2, 0) is 11.3 Å². The van der Waals surface area contributed by atoms with Crippen LogP contribution in [0.2, 0.25) is 0 Å². The fraction of sp³-hybridized carbons (Fsp3) is 0.818. The summed E-state index contributed by atoms with van der Waals surface area (Å²) in [6.45, 7) is 4.36. The van der Waals surface area contributed by atoms with Crippen molar-refractivity contribution in [1.82, 2.24) is 10.1 Å². The molecule has 1 heterocycles. The molecular formula is C11H18F2N2O2. The zero-order chi connectivity index (χ0) is 12.9. The number of halogens is 2. The Morgan fingerprint density at radius 3 is 2.53 bits per heavy atom. The molecule has 0 atom stereocenters. The minimum atomic E-state index is -3.16. The van der Waals surface area contributed by atoms with E-state index in [4.69, 9.17) is 4.52 Å². The average Bonchev–Trinajstić information content (AvgIpc) is 2.63.